The highest BCUT2D eigenvalue weighted by molar-refractivity contribution is 5.97. The summed E-state index contributed by atoms with van der Waals surface area (Å²) in [6.45, 7) is 9.48. The molecular weight excluding hydrogens is 362 g/mol. The van der Waals surface area contributed by atoms with E-state index in [4.69, 9.17) is 4.74 Å². The highest BCUT2D eigenvalue weighted by Gasteiger charge is 2.43. The van der Waals surface area contributed by atoms with Crippen molar-refractivity contribution in [3.05, 3.63) is 36.0 Å². The minimum atomic E-state index is -1.70. The number of aliphatic carboxylic acids is 1. The van der Waals surface area contributed by atoms with Crippen LogP contribution in [0.4, 0.5) is 4.79 Å². The molecule has 1 aromatic carbocycles. The van der Waals surface area contributed by atoms with Crippen molar-refractivity contribution in [3.63, 3.8) is 0 Å². The van der Waals surface area contributed by atoms with E-state index in [1.165, 1.54) is 20.8 Å². The number of hydrogen-bond donors (Lipinski definition) is 4. The summed E-state index contributed by atoms with van der Waals surface area (Å²) in [5, 5.41) is 15.6. The Morgan fingerprint density at radius 3 is 2.18 bits per heavy atom. The van der Waals surface area contributed by atoms with Crippen LogP contribution in [0.3, 0.4) is 0 Å². The Morgan fingerprint density at radius 2 is 1.61 bits per heavy atom. The highest BCUT2D eigenvalue weighted by atomic mass is 16.6. The Morgan fingerprint density at radius 1 is 1.00 bits per heavy atom. The maximum Gasteiger partial charge on any atom is 0.408 e. The molecule has 2 rings (SSSR count). The monoisotopic (exact) mass is 389 g/mol. The number of rotatable bonds is 5. The van der Waals surface area contributed by atoms with Crippen LogP contribution >= 0.6 is 0 Å². The fourth-order valence-corrected chi connectivity index (χ4v) is 2.72. The fraction of sp³-hybridized carbons (Fsp3) is 0.450. The van der Waals surface area contributed by atoms with Crippen LogP contribution in [0.2, 0.25) is 0 Å². The third-order valence-corrected chi connectivity index (χ3v) is 4.30. The molecule has 4 N–H and O–H groups in total. The molecule has 8 nitrogen and oxygen atoms in total. The molecule has 0 bridgehead atoms. The normalized spacial score (nSPS) is 14.2. The zero-order valence-electron chi connectivity index (χ0n) is 17.0. The van der Waals surface area contributed by atoms with Gasteiger partial charge >= 0.3 is 12.1 Å². The average Bonchev–Trinajstić information content (AvgIpc) is 2.96. The van der Waals surface area contributed by atoms with Gasteiger partial charge in [-0.2, -0.15) is 0 Å². The van der Waals surface area contributed by atoms with Crippen molar-refractivity contribution in [2.75, 3.05) is 0 Å². The maximum atomic E-state index is 12.9. The van der Waals surface area contributed by atoms with Crippen molar-refractivity contribution < 1.29 is 24.2 Å². The molecule has 0 spiro atoms. The highest BCUT2D eigenvalue weighted by Crippen LogP contribution is 2.29. The first-order chi connectivity index (χ1) is 12.8. The van der Waals surface area contributed by atoms with E-state index < -0.39 is 34.6 Å². The van der Waals surface area contributed by atoms with E-state index in [1.54, 1.807) is 39.1 Å². The summed E-state index contributed by atoms with van der Waals surface area (Å²) in [6, 6.07) is 7.21. The zero-order chi connectivity index (χ0) is 21.3. The lowest BCUT2D eigenvalue weighted by atomic mass is 9.90. The van der Waals surface area contributed by atoms with Crippen LogP contribution in [0.25, 0.3) is 10.9 Å². The smallest absolute Gasteiger partial charge is 0.408 e. The van der Waals surface area contributed by atoms with E-state index in [1.807, 2.05) is 12.1 Å². The van der Waals surface area contributed by atoms with Crippen LogP contribution in [-0.2, 0) is 19.9 Å². The Bertz CT molecular complexity index is 910. The third-order valence-electron chi connectivity index (χ3n) is 4.30. The Labute approximate surface area is 163 Å². The Hall–Kier alpha value is -3.03. The number of carboxylic acids is 1. The number of aromatic amines is 1. The van der Waals surface area contributed by atoms with Crippen molar-refractivity contribution in [2.45, 2.75) is 58.2 Å². The molecule has 0 aliphatic heterocycles. The van der Waals surface area contributed by atoms with Crippen LogP contribution in [0, 0.1) is 0 Å². The molecule has 0 aliphatic rings. The van der Waals surface area contributed by atoms with Crippen molar-refractivity contribution in [1.29, 1.82) is 0 Å². The van der Waals surface area contributed by atoms with E-state index in [2.05, 4.69) is 15.6 Å². The van der Waals surface area contributed by atoms with Gasteiger partial charge in [-0.1, -0.05) is 18.2 Å². The molecule has 1 aromatic heterocycles. The molecular formula is C20H27N3O5. The summed E-state index contributed by atoms with van der Waals surface area (Å²) < 4.78 is 5.18. The van der Waals surface area contributed by atoms with Crippen LogP contribution in [0.1, 0.15) is 47.1 Å². The Kier molecular flexibility index (Phi) is 5.45. The number of amides is 2. The summed E-state index contributed by atoms with van der Waals surface area (Å²) in [5.41, 5.74) is -2.66. The first kappa shape index (κ1) is 21.3. The van der Waals surface area contributed by atoms with Gasteiger partial charge in [-0.3, -0.25) is 4.79 Å². The van der Waals surface area contributed by atoms with Gasteiger partial charge in [0.15, 0.2) is 5.54 Å². The summed E-state index contributed by atoms with van der Waals surface area (Å²) >= 11 is 0. The molecule has 1 heterocycles. The largest absolute Gasteiger partial charge is 0.479 e. The van der Waals surface area contributed by atoms with Gasteiger partial charge in [0.1, 0.15) is 11.1 Å². The van der Waals surface area contributed by atoms with E-state index in [0.717, 1.165) is 5.52 Å². The van der Waals surface area contributed by atoms with E-state index in [0.29, 0.717) is 10.9 Å². The molecule has 2 amide bonds. The summed E-state index contributed by atoms with van der Waals surface area (Å²) in [6.07, 6.45) is 0.796. The Balaban J connectivity index is 2.29. The minimum absolute atomic E-state index is 0.414. The maximum absolute atomic E-state index is 12.9. The fourth-order valence-electron chi connectivity index (χ4n) is 2.72. The summed E-state index contributed by atoms with van der Waals surface area (Å²) in [5.74, 6) is -1.88. The molecule has 152 valence electrons. The van der Waals surface area contributed by atoms with Gasteiger partial charge in [0, 0.05) is 22.7 Å². The second kappa shape index (κ2) is 7.18. The van der Waals surface area contributed by atoms with Crippen molar-refractivity contribution >= 4 is 28.9 Å². The molecule has 8 heteroatoms. The van der Waals surface area contributed by atoms with Gasteiger partial charge in [-0.15, -0.1) is 0 Å². The van der Waals surface area contributed by atoms with Crippen LogP contribution in [-0.4, -0.2) is 39.2 Å². The first-order valence-corrected chi connectivity index (χ1v) is 8.90. The molecule has 0 unspecified atom stereocenters. The van der Waals surface area contributed by atoms with Crippen molar-refractivity contribution in [1.82, 2.24) is 15.6 Å². The number of carbonyl (C=O) groups excluding carboxylic acids is 2. The number of carbonyl (C=O) groups is 3. The number of para-hydroxylation sites is 1. The minimum Gasteiger partial charge on any atom is -0.479 e. The van der Waals surface area contributed by atoms with Crippen LogP contribution in [0.5, 0.6) is 0 Å². The van der Waals surface area contributed by atoms with Gasteiger partial charge in [0.2, 0.25) is 5.91 Å². The predicted octanol–water partition coefficient (Wildman–Crippen LogP) is 2.89. The molecule has 0 aliphatic carbocycles. The standard InChI is InChI=1S/C20H27N3O5/c1-18(2,3)28-17(27)23-19(4,5)15(24)22-20(6,16(25)26)13-11-21-14-10-8-7-9-12(13)14/h7-11,21H,1-6H3,(H,22,24)(H,23,27)(H,25,26)/t20-/m1/s1. The summed E-state index contributed by atoms with van der Waals surface area (Å²) in [4.78, 5) is 40.0. The number of carboxylic acid groups (broad SMARTS) is 1. The number of aromatic nitrogens is 1. The zero-order valence-corrected chi connectivity index (χ0v) is 17.0. The SMILES string of the molecule is CC(C)(C)OC(=O)NC(C)(C)C(=O)N[C@@](C)(C(=O)O)c1c[nH]c2ccccc12. The number of nitrogens with one attached hydrogen (secondary N) is 3. The van der Waals surface area contributed by atoms with E-state index in [-0.39, 0.29) is 0 Å². The second-order valence-electron chi connectivity index (χ2n) is 8.38. The topological polar surface area (TPSA) is 121 Å². The molecule has 0 fully saturated rings. The number of alkyl carbamates (subject to hydrolysis) is 1. The van der Waals surface area contributed by atoms with Gasteiger partial charge in [0.05, 0.1) is 0 Å². The molecule has 2 aromatic rings. The molecule has 1 atom stereocenters. The van der Waals surface area contributed by atoms with Gasteiger partial charge < -0.3 is 25.5 Å². The summed E-state index contributed by atoms with van der Waals surface area (Å²) in [7, 11) is 0. The second-order valence-corrected chi connectivity index (χ2v) is 8.38. The first-order valence-electron chi connectivity index (χ1n) is 8.90. The van der Waals surface area contributed by atoms with Crippen LogP contribution in [0.15, 0.2) is 30.5 Å². The van der Waals surface area contributed by atoms with Crippen molar-refractivity contribution in [3.8, 4) is 0 Å². The lowest BCUT2D eigenvalue weighted by Gasteiger charge is -2.32. The number of benzene rings is 1. The number of H-pyrrole nitrogens is 1. The average molecular weight is 389 g/mol. The molecule has 0 radical (unpaired) electrons. The lowest BCUT2D eigenvalue weighted by molar-refractivity contribution is -0.148. The van der Waals surface area contributed by atoms with Gasteiger partial charge in [-0.05, 0) is 47.6 Å². The third kappa shape index (κ3) is 4.44. The number of hydrogen-bond acceptors (Lipinski definition) is 4. The lowest BCUT2D eigenvalue weighted by Crippen LogP contribution is -2.61. The molecule has 28 heavy (non-hydrogen) atoms. The van der Waals surface area contributed by atoms with Crippen LogP contribution < -0.4 is 10.6 Å². The quantitative estimate of drug-likeness (QED) is 0.627. The molecule has 0 saturated carbocycles. The van der Waals surface area contributed by atoms with Gasteiger partial charge in [-0.25, -0.2) is 9.59 Å². The van der Waals surface area contributed by atoms with E-state index in [9.17, 15) is 19.5 Å². The van der Waals surface area contributed by atoms with Crippen molar-refractivity contribution in [2.24, 2.45) is 0 Å². The predicted molar refractivity (Wildman–Crippen MR) is 105 cm³/mol. The molecule has 0 saturated heterocycles. The number of fused-ring (bicyclic) bond motifs is 1. The van der Waals surface area contributed by atoms with E-state index >= 15 is 0 Å². The number of ether oxygens (including phenoxy) is 1. The van der Waals surface area contributed by atoms with Gasteiger partial charge in [0.25, 0.3) is 0 Å².